The fraction of sp³-hybridized carbons (Fsp3) is 0.467. The molecule has 16 heavy (non-hydrogen) atoms. The molecule has 1 aliphatic carbocycles. The van der Waals surface area contributed by atoms with Crippen LogP contribution in [0.25, 0.3) is 6.08 Å². The molecular weight excluding hydrogens is 194 g/mol. The van der Waals surface area contributed by atoms with E-state index in [-0.39, 0.29) is 0 Å². The second kappa shape index (κ2) is 4.84. The molecule has 1 aromatic carbocycles. The van der Waals surface area contributed by atoms with E-state index in [0.29, 0.717) is 0 Å². The summed E-state index contributed by atoms with van der Waals surface area (Å²) in [5.41, 5.74) is 5.54. The van der Waals surface area contributed by atoms with Crippen molar-refractivity contribution in [2.24, 2.45) is 0 Å². The highest BCUT2D eigenvalue weighted by Crippen LogP contribution is 2.20. The van der Waals surface area contributed by atoms with E-state index >= 15 is 0 Å². The molecule has 0 radical (unpaired) electrons. The Kier molecular flexibility index (Phi) is 3.45. The Morgan fingerprint density at radius 1 is 1.31 bits per heavy atom. The van der Waals surface area contributed by atoms with Crippen molar-refractivity contribution < 1.29 is 0 Å². The topological polar surface area (TPSA) is 12.0 Å². The second-order valence-corrected chi connectivity index (χ2v) is 4.95. The number of aryl methyl sites for hydroxylation is 2. The summed E-state index contributed by atoms with van der Waals surface area (Å²) in [6.45, 7) is 7.60. The number of nitrogens with one attached hydrogen (secondary N) is 1. The molecule has 1 nitrogen and oxygen atoms in total. The van der Waals surface area contributed by atoms with Crippen molar-refractivity contribution in [3.05, 3.63) is 40.5 Å². The Bertz CT molecular complexity index is 380. The molecule has 0 spiro atoms. The summed E-state index contributed by atoms with van der Waals surface area (Å²) in [5.74, 6) is 0. The summed E-state index contributed by atoms with van der Waals surface area (Å²) in [6, 6.07) is 7.28. The average molecular weight is 215 g/mol. The predicted octanol–water partition coefficient (Wildman–Crippen LogP) is 3.46. The Hall–Kier alpha value is -1.08. The van der Waals surface area contributed by atoms with E-state index in [4.69, 9.17) is 0 Å². The molecule has 0 amide bonds. The lowest BCUT2D eigenvalue weighted by atomic mass is 10.0. The molecule has 0 heterocycles. The molecule has 0 aromatic heterocycles. The van der Waals surface area contributed by atoms with Gasteiger partial charge in [0.05, 0.1) is 0 Å². The van der Waals surface area contributed by atoms with Crippen molar-refractivity contribution in [3.8, 4) is 0 Å². The van der Waals surface area contributed by atoms with Crippen LogP contribution in [0.1, 0.15) is 36.5 Å². The lowest BCUT2D eigenvalue weighted by Crippen LogP contribution is -2.18. The van der Waals surface area contributed by atoms with Gasteiger partial charge in [-0.2, -0.15) is 0 Å². The first-order valence-electron chi connectivity index (χ1n) is 6.13. The maximum Gasteiger partial charge on any atom is 0.0167 e. The number of benzene rings is 1. The van der Waals surface area contributed by atoms with Gasteiger partial charge in [-0.25, -0.2) is 0 Å². The first-order chi connectivity index (χ1) is 7.66. The molecular formula is C15H21N. The fourth-order valence-electron chi connectivity index (χ4n) is 1.95. The minimum atomic E-state index is 0.793. The van der Waals surface area contributed by atoms with Gasteiger partial charge in [-0.05, 0) is 50.3 Å². The Balaban J connectivity index is 2.07. The van der Waals surface area contributed by atoms with E-state index in [1.807, 2.05) is 0 Å². The van der Waals surface area contributed by atoms with E-state index in [1.165, 1.54) is 35.1 Å². The van der Waals surface area contributed by atoms with Gasteiger partial charge < -0.3 is 5.32 Å². The van der Waals surface area contributed by atoms with Crippen LogP contribution in [0.2, 0.25) is 0 Å². The molecule has 0 unspecified atom stereocenters. The Morgan fingerprint density at radius 3 is 2.50 bits per heavy atom. The summed E-state index contributed by atoms with van der Waals surface area (Å²) in [6.07, 6.45) is 5.04. The lowest BCUT2D eigenvalue weighted by molar-refractivity contribution is 0.735. The third kappa shape index (κ3) is 2.96. The summed E-state index contributed by atoms with van der Waals surface area (Å²) in [7, 11) is 0. The highest BCUT2D eigenvalue weighted by molar-refractivity contribution is 5.59. The van der Waals surface area contributed by atoms with Crippen LogP contribution in [0.3, 0.4) is 0 Å². The van der Waals surface area contributed by atoms with Gasteiger partial charge in [-0.1, -0.05) is 29.8 Å². The van der Waals surface area contributed by atoms with Gasteiger partial charge >= 0.3 is 0 Å². The van der Waals surface area contributed by atoms with Gasteiger partial charge in [-0.3, -0.25) is 0 Å². The Labute approximate surface area is 98.6 Å². The van der Waals surface area contributed by atoms with Crippen LogP contribution in [0.15, 0.2) is 23.8 Å². The van der Waals surface area contributed by atoms with Gasteiger partial charge in [-0.15, -0.1) is 0 Å². The molecule has 0 bridgehead atoms. The zero-order valence-electron chi connectivity index (χ0n) is 10.5. The summed E-state index contributed by atoms with van der Waals surface area (Å²) in [4.78, 5) is 0. The van der Waals surface area contributed by atoms with Crippen LogP contribution in [-0.4, -0.2) is 12.6 Å². The van der Waals surface area contributed by atoms with Crippen molar-refractivity contribution in [2.45, 2.75) is 39.7 Å². The van der Waals surface area contributed by atoms with Crippen LogP contribution >= 0.6 is 0 Å². The summed E-state index contributed by atoms with van der Waals surface area (Å²) < 4.78 is 0. The summed E-state index contributed by atoms with van der Waals surface area (Å²) in [5, 5.41) is 3.55. The monoisotopic (exact) mass is 215 g/mol. The van der Waals surface area contributed by atoms with Gasteiger partial charge in [0.2, 0.25) is 0 Å². The zero-order valence-corrected chi connectivity index (χ0v) is 10.5. The molecule has 1 aromatic rings. The molecule has 1 aliphatic rings. The number of hydrogen-bond acceptors (Lipinski definition) is 1. The predicted molar refractivity (Wildman–Crippen MR) is 70.6 cm³/mol. The van der Waals surface area contributed by atoms with E-state index in [2.05, 4.69) is 50.4 Å². The van der Waals surface area contributed by atoms with Crippen LogP contribution in [0.5, 0.6) is 0 Å². The average Bonchev–Trinajstić information content (AvgIpc) is 3.04. The highest BCUT2D eigenvalue weighted by Gasteiger charge is 2.19. The molecule has 1 saturated carbocycles. The molecule has 0 saturated heterocycles. The van der Waals surface area contributed by atoms with Crippen molar-refractivity contribution in [1.29, 1.82) is 0 Å². The maximum absolute atomic E-state index is 3.55. The first-order valence-corrected chi connectivity index (χ1v) is 6.13. The quantitative estimate of drug-likeness (QED) is 0.811. The molecule has 0 aliphatic heterocycles. The minimum absolute atomic E-state index is 0.793. The molecule has 86 valence electrons. The third-order valence-electron chi connectivity index (χ3n) is 3.18. The van der Waals surface area contributed by atoms with Crippen LogP contribution < -0.4 is 5.32 Å². The smallest absolute Gasteiger partial charge is 0.0167 e. The van der Waals surface area contributed by atoms with Crippen molar-refractivity contribution in [3.63, 3.8) is 0 Å². The van der Waals surface area contributed by atoms with Gasteiger partial charge in [0.1, 0.15) is 0 Å². The molecule has 0 atom stereocenters. The largest absolute Gasteiger partial charge is 0.310 e. The van der Waals surface area contributed by atoms with Crippen LogP contribution in [0, 0.1) is 13.8 Å². The third-order valence-corrected chi connectivity index (χ3v) is 3.18. The zero-order chi connectivity index (χ0) is 11.5. The fourth-order valence-corrected chi connectivity index (χ4v) is 1.95. The van der Waals surface area contributed by atoms with Gasteiger partial charge in [0.25, 0.3) is 0 Å². The van der Waals surface area contributed by atoms with Crippen molar-refractivity contribution in [2.75, 3.05) is 6.54 Å². The van der Waals surface area contributed by atoms with Gasteiger partial charge in [0, 0.05) is 12.6 Å². The molecule has 2 rings (SSSR count). The van der Waals surface area contributed by atoms with E-state index in [1.54, 1.807) is 0 Å². The highest BCUT2D eigenvalue weighted by atomic mass is 14.9. The van der Waals surface area contributed by atoms with Crippen molar-refractivity contribution >= 4 is 6.08 Å². The van der Waals surface area contributed by atoms with E-state index in [9.17, 15) is 0 Å². The standard InChI is InChI=1S/C15H21N/c1-11(10-16-14-7-8-14)9-15-12(2)5-4-6-13(15)3/h4-6,9,14,16H,7-8,10H2,1-3H3/b11-9-. The van der Waals surface area contributed by atoms with E-state index in [0.717, 1.165) is 12.6 Å². The van der Waals surface area contributed by atoms with Crippen LogP contribution in [-0.2, 0) is 0 Å². The molecule has 1 fully saturated rings. The second-order valence-electron chi connectivity index (χ2n) is 4.95. The SMILES string of the molecule is C/C(=C/c1c(C)cccc1C)CNC1CC1. The van der Waals surface area contributed by atoms with Crippen LogP contribution in [0.4, 0.5) is 0 Å². The molecule has 1 N–H and O–H groups in total. The van der Waals surface area contributed by atoms with Crippen molar-refractivity contribution in [1.82, 2.24) is 5.32 Å². The number of hydrogen-bond donors (Lipinski definition) is 1. The number of rotatable bonds is 4. The van der Waals surface area contributed by atoms with E-state index < -0.39 is 0 Å². The minimum Gasteiger partial charge on any atom is -0.310 e. The molecule has 1 heteroatoms. The van der Waals surface area contributed by atoms with Gasteiger partial charge in [0.15, 0.2) is 0 Å². The maximum atomic E-state index is 3.55. The Morgan fingerprint density at radius 2 is 1.94 bits per heavy atom. The summed E-state index contributed by atoms with van der Waals surface area (Å²) >= 11 is 0. The first kappa shape index (κ1) is 11.4. The lowest BCUT2D eigenvalue weighted by Gasteiger charge is -2.08. The normalized spacial score (nSPS) is 16.6.